The summed E-state index contributed by atoms with van der Waals surface area (Å²) in [5.41, 5.74) is -0.0499. The minimum absolute atomic E-state index is 0.151. The number of nitrogens with zero attached hydrogens (tertiary/aromatic N) is 2. The van der Waals surface area contributed by atoms with Gasteiger partial charge in [-0.15, -0.1) is 11.3 Å². The third-order valence-corrected chi connectivity index (χ3v) is 2.18. The molecular weight excluding hydrogens is 218 g/mol. The van der Waals surface area contributed by atoms with Crippen molar-refractivity contribution >= 4 is 34.4 Å². The summed E-state index contributed by atoms with van der Waals surface area (Å²) < 4.78 is 0. The predicted molar refractivity (Wildman–Crippen MR) is 53.0 cm³/mol. The maximum absolute atomic E-state index is 10.7. The highest BCUT2D eigenvalue weighted by Gasteiger charge is 2.13. The summed E-state index contributed by atoms with van der Waals surface area (Å²) >= 11 is 1.08. The topological polar surface area (TPSA) is 103 Å². The SMILES string of the molecule is N#C/C=C(/C(=O)O)c1csc(NC=O)n1. The molecule has 0 radical (unpaired) electrons. The molecule has 1 aromatic heterocycles. The zero-order chi connectivity index (χ0) is 11.3. The Morgan fingerprint density at radius 1 is 1.73 bits per heavy atom. The Labute approximate surface area is 88.5 Å². The first-order valence-electron chi connectivity index (χ1n) is 3.68. The van der Waals surface area contributed by atoms with Gasteiger partial charge in [-0.05, 0) is 0 Å². The fourth-order valence-electron chi connectivity index (χ4n) is 0.824. The van der Waals surface area contributed by atoms with Crippen LogP contribution in [0.1, 0.15) is 5.69 Å². The van der Waals surface area contributed by atoms with Crippen LogP contribution in [0.2, 0.25) is 0 Å². The molecule has 1 rings (SSSR count). The summed E-state index contributed by atoms with van der Waals surface area (Å²) in [4.78, 5) is 24.6. The minimum Gasteiger partial charge on any atom is -0.478 e. The molecule has 0 atom stereocenters. The number of aromatic nitrogens is 1. The van der Waals surface area contributed by atoms with Gasteiger partial charge in [0.25, 0.3) is 0 Å². The molecule has 7 heteroatoms. The molecular formula is C8H5N3O3S. The van der Waals surface area contributed by atoms with Crippen LogP contribution in [0.15, 0.2) is 11.5 Å². The average molecular weight is 223 g/mol. The third-order valence-electron chi connectivity index (χ3n) is 1.40. The van der Waals surface area contributed by atoms with Crippen molar-refractivity contribution in [1.29, 1.82) is 5.26 Å². The summed E-state index contributed by atoms with van der Waals surface area (Å²) in [6.07, 6.45) is 1.33. The van der Waals surface area contributed by atoms with E-state index in [1.165, 1.54) is 5.38 Å². The number of nitriles is 1. The summed E-state index contributed by atoms with van der Waals surface area (Å²) in [6, 6.07) is 1.62. The molecule has 1 aromatic rings. The maximum atomic E-state index is 10.7. The number of carboxylic acid groups (broad SMARTS) is 1. The molecule has 0 aliphatic heterocycles. The summed E-state index contributed by atoms with van der Waals surface area (Å²) in [6.45, 7) is 0. The van der Waals surface area contributed by atoms with E-state index in [1.807, 2.05) is 0 Å². The summed E-state index contributed by atoms with van der Waals surface area (Å²) in [5, 5.41) is 21.1. The van der Waals surface area contributed by atoms with E-state index in [-0.39, 0.29) is 16.4 Å². The van der Waals surface area contributed by atoms with E-state index in [0.717, 1.165) is 17.4 Å². The number of anilines is 1. The second kappa shape index (κ2) is 4.88. The van der Waals surface area contributed by atoms with Gasteiger partial charge in [0.1, 0.15) is 0 Å². The lowest BCUT2D eigenvalue weighted by Crippen LogP contribution is -2.00. The van der Waals surface area contributed by atoms with E-state index in [4.69, 9.17) is 10.4 Å². The Morgan fingerprint density at radius 2 is 2.47 bits per heavy atom. The number of carboxylic acids is 1. The molecule has 0 fully saturated rings. The number of carbonyl (C=O) groups is 2. The first-order valence-corrected chi connectivity index (χ1v) is 4.56. The number of amides is 1. The second-order valence-electron chi connectivity index (χ2n) is 2.29. The Balaban J connectivity index is 3.03. The Hall–Kier alpha value is -2.20. The van der Waals surface area contributed by atoms with Crippen LogP contribution in [0.3, 0.4) is 0 Å². The molecule has 1 amide bonds. The summed E-state index contributed by atoms with van der Waals surface area (Å²) in [5.74, 6) is -1.24. The van der Waals surface area contributed by atoms with Crippen LogP contribution in [0, 0.1) is 11.3 Å². The largest absolute Gasteiger partial charge is 0.478 e. The van der Waals surface area contributed by atoms with Crippen molar-refractivity contribution in [2.75, 3.05) is 5.32 Å². The first-order chi connectivity index (χ1) is 7.19. The van der Waals surface area contributed by atoms with Crippen molar-refractivity contribution in [3.63, 3.8) is 0 Å². The van der Waals surface area contributed by atoms with Crippen molar-refractivity contribution in [2.24, 2.45) is 0 Å². The third kappa shape index (κ3) is 2.62. The highest BCUT2D eigenvalue weighted by Crippen LogP contribution is 2.21. The van der Waals surface area contributed by atoms with Gasteiger partial charge in [0.2, 0.25) is 6.41 Å². The first kappa shape index (κ1) is 10.9. The van der Waals surface area contributed by atoms with Gasteiger partial charge in [0, 0.05) is 11.5 Å². The van der Waals surface area contributed by atoms with Crippen LogP contribution in [-0.2, 0) is 9.59 Å². The Morgan fingerprint density at radius 3 is 3.00 bits per heavy atom. The van der Waals surface area contributed by atoms with E-state index >= 15 is 0 Å². The molecule has 15 heavy (non-hydrogen) atoms. The van der Waals surface area contributed by atoms with E-state index in [1.54, 1.807) is 6.07 Å². The number of hydrogen-bond acceptors (Lipinski definition) is 5. The fourth-order valence-corrected chi connectivity index (χ4v) is 1.49. The molecule has 0 aliphatic rings. The number of rotatable bonds is 4. The quantitative estimate of drug-likeness (QED) is 0.444. The van der Waals surface area contributed by atoms with Crippen molar-refractivity contribution in [3.05, 3.63) is 17.2 Å². The zero-order valence-electron chi connectivity index (χ0n) is 7.30. The predicted octanol–water partition coefficient (Wildman–Crippen LogP) is 0.703. The molecule has 0 saturated carbocycles. The van der Waals surface area contributed by atoms with Crippen LogP contribution >= 0.6 is 11.3 Å². The van der Waals surface area contributed by atoms with E-state index in [2.05, 4.69) is 10.3 Å². The van der Waals surface area contributed by atoms with Gasteiger partial charge in [-0.1, -0.05) is 0 Å². The van der Waals surface area contributed by atoms with Gasteiger partial charge in [0.05, 0.1) is 17.3 Å². The number of aliphatic carboxylic acids is 1. The Kier molecular flexibility index (Phi) is 3.54. The van der Waals surface area contributed by atoms with Crippen LogP contribution in [0.5, 0.6) is 0 Å². The van der Waals surface area contributed by atoms with E-state index in [9.17, 15) is 9.59 Å². The number of thiazole rings is 1. The van der Waals surface area contributed by atoms with Crippen LogP contribution in [0.25, 0.3) is 5.57 Å². The van der Waals surface area contributed by atoms with E-state index < -0.39 is 5.97 Å². The van der Waals surface area contributed by atoms with Gasteiger partial charge in [-0.3, -0.25) is 4.79 Å². The monoisotopic (exact) mass is 223 g/mol. The van der Waals surface area contributed by atoms with Crippen molar-refractivity contribution in [1.82, 2.24) is 4.98 Å². The lowest BCUT2D eigenvalue weighted by Gasteiger charge is -1.93. The molecule has 0 spiro atoms. The van der Waals surface area contributed by atoms with Crippen molar-refractivity contribution in [2.45, 2.75) is 0 Å². The number of hydrogen-bond donors (Lipinski definition) is 2. The molecule has 0 unspecified atom stereocenters. The Bertz CT molecular complexity index is 458. The average Bonchev–Trinajstić information content (AvgIpc) is 2.62. The molecule has 76 valence electrons. The smallest absolute Gasteiger partial charge is 0.338 e. The fraction of sp³-hybridized carbons (Fsp3) is 0. The normalized spacial score (nSPS) is 10.5. The number of nitrogens with one attached hydrogen (secondary N) is 1. The summed E-state index contributed by atoms with van der Waals surface area (Å²) in [7, 11) is 0. The zero-order valence-corrected chi connectivity index (χ0v) is 8.11. The second-order valence-corrected chi connectivity index (χ2v) is 3.15. The van der Waals surface area contributed by atoms with Gasteiger partial charge in [0.15, 0.2) is 5.13 Å². The minimum atomic E-state index is -1.24. The molecule has 0 bridgehead atoms. The van der Waals surface area contributed by atoms with Crippen LogP contribution in [0.4, 0.5) is 5.13 Å². The van der Waals surface area contributed by atoms with Crippen LogP contribution in [-0.4, -0.2) is 22.5 Å². The molecule has 6 nitrogen and oxygen atoms in total. The standard InChI is InChI=1S/C8H5N3O3S/c9-2-1-5(7(13)14)6-3-15-8(11-6)10-4-12/h1,3-4H,(H,13,14)(H,10,11,12)/b5-1+. The molecule has 2 N–H and O–H groups in total. The molecule has 0 aliphatic carbocycles. The lowest BCUT2D eigenvalue weighted by atomic mass is 10.2. The maximum Gasteiger partial charge on any atom is 0.338 e. The lowest BCUT2D eigenvalue weighted by molar-refractivity contribution is -0.130. The highest BCUT2D eigenvalue weighted by molar-refractivity contribution is 7.14. The van der Waals surface area contributed by atoms with Crippen LogP contribution < -0.4 is 5.32 Å². The van der Waals surface area contributed by atoms with Crippen molar-refractivity contribution in [3.8, 4) is 6.07 Å². The number of carbonyl (C=O) groups excluding carboxylic acids is 1. The van der Waals surface area contributed by atoms with Gasteiger partial charge in [-0.25, -0.2) is 9.78 Å². The number of allylic oxidation sites excluding steroid dienone is 1. The highest BCUT2D eigenvalue weighted by atomic mass is 32.1. The molecule has 1 heterocycles. The molecule has 0 saturated heterocycles. The van der Waals surface area contributed by atoms with Gasteiger partial charge in [-0.2, -0.15) is 5.26 Å². The van der Waals surface area contributed by atoms with Gasteiger partial charge < -0.3 is 10.4 Å². The van der Waals surface area contributed by atoms with E-state index in [0.29, 0.717) is 6.41 Å². The van der Waals surface area contributed by atoms with Crippen molar-refractivity contribution < 1.29 is 14.7 Å². The van der Waals surface area contributed by atoms with Gasteiger partial charge >= 0.3 is 5.97 Å². The molecule has 0 aromatic carbocycles.